The monoisotopic (exact) mass is 301 g/mol. The van der Waals surface area contributed by atoms with E-state index < -0.39 is 17.7 Å². The van der Waals surface area contributed by atoms with E-state index in [2.05, 4.69) is 15.3 Å². The molecule has 0 atom stereocenters. The van der Waals surface area contributed by atoms with E-state index in [-0.39, 0.29) is 18.3 Å². The number of hydrazine groups is 1. The van der Waals surface area contributed by atoms with E-state index in [4.69, 9.17) is 5.84 Å². The van der Waals surface area contributed by atoms with E-state index in [1.165, 1.54) is 18.2 Å². The molecule has 0 aliphatic carbocycles. The zero-order chi connectivity index (χ0) is 15.5. The molecule has 2 rings (SSSR count). The first-order valence-corrected chi connectivity index (χ1v) is 5.79. The molecule has 112 valence electrons. The Bertz CT molecular complexity index is 629. The summed E-state index contributed by atoms with van der Waals surface area (Å²) in [6, 6.07) is 6.41. The SMILES string of the molecule is NNc1nc(NCc2cccc(F)c2)cc(C(F)(F)F)n1. The maximum absolute atomic E-state index is 13.0. The molecule has 0 radical (unpaired) electrons. The van der Waals surface area contributed by atoms with Crippen LogP contribution in [0.3, 0.4) is 0 Å². The molecule has 0 fully saturated rings. The van der Waals surface area contributed by atoms with E-state index in [9.17, 15) is 17.6 Å². The fourth-order valence-electron chi connectivity index (χ4n) is 1.59. The predicted molar refractivity (Wildman–Crippen MR) is 68.6 cm³/mol. The molecule has 1 heterocycles. The maximum Gasteiger partial charge on any atom is 0.433 e. The standard InChI is InChI=1S/C12H11F4N5/c13-8-3-1-2-7(4-8)6-18-10-5-9(12(14,15)16)19-11(20-10)21-17/h1-5H,6,17H2,(H2,18,19,20,21). The summed E-state index contributed by atoms with van der Waals surface area (Å²) in [6.45, 7) is 0.107. The molecule has 0 bridgehead atoms. The van der Waals surface area contributed by atoms with Gasteiger partial charge in [-0.15, -0.1) is 0 Å². The van der Waals surface area contributed by atoms with Gasteiger partial charge in [-0.1, -0.05) is 12.1 Å². The topological polar surface area (TPSA) is 75.9 Å². The molecule has 0 amide bonds. The van der Waals surface area contributed by atoms with E-state index in [1.54, 1.807) is 6.07 Å². The van der Waals surface area contributed by atoms with Crippen molar-refractivity contribution >= 4 is 11.8 Å². The van der Waals surface area contributed by atoms with Crippen molar-refractivity contribution in [1.82, 2.24) is 9.97 Å². The minimum absolute atomic E-state index is 0.0745. The van der Waals surface area contributed by atoms with Gasteiger partial charge in [0.1, 0.15) is 11.6 Å². The Hall–Kier alpha value is -2.42. The van der Waals surface area contributed by atoms with Crippen molar-refractivity contribution < 1.29 is 17.6 Å². The van der Waals surface area contributed by atoms with Gasteiger partial charge >= 0.3 is 6.18 Å². The number of hydrogen-bond acceptors (Lipinski definition) is 5. The van der Waals surface area contributed by atoms with Crippen LogP contribution in [-0.2, 0) is 12.7 Å². The van der Waals surface area contributed by atoms with Gasteiger partial charge in [-0.3, -0.25) is 5.43 Å². The summed E-state index contributed by atoms with van der Waals surface area (Å²) in [4.78, 5) is 6.97. The van der Waals surface area contributed by atoms with Crippen LogP contribution in [0.15, 0.2) is 30.3 Å². The second-order valence-electron chi connectivity index (χ2n) is 4.09. The summed E-state index contributed by atoms with van der Waals surface area (Å²) in [5, 5.41) is 2.66. The highest BCUT2D eigenvalue weighted by Crippen LogP contribution is 2.29. The Kier molecular flexibility index (Phi) is 4.22. The molecule has 2 aromatic rings. The third-order valence-corrected chi connectivity index (χ3v) is 2.51. The largest absolute Gasteiger partial charge is 0.433 e. The average Bonchev–Trinajstić information content (AvgIpc) is 2.44. The van der Waals surface area contributed by atoms with Gasteiger partial charge in [-0.25, -0.2) is 15.2 Å². The second-order valence-corrected chi connectivity index (χ2v) is 4.09. The smallest absolute Gasteiger partial charge is 0.366 e. The van der Waals surface area contributed by atoms with Crippen LogP contribution < -0.4 is 16.6 Å². The highest BCUT2D eigenvalue weighted by molar-refractivity contribution is 5.43. The third kappa shape index (κ3) is 4.02. The number of nitrogens with two attached hydrogens (primary N) is 1. The lowest BCUT2D eigenvalue weighted by Gasteiger charge is -2.11. The van der Waals surface area contributed by atoms with Crippen molar-refractivity contribution in [2.24, 2.45) is 5.84 Å². The van der Waals surface area contributed by atoms with Crippen LogP contribution in [0, 0.1) is 5.82 Å². The van der Waals surface area contributed by atoms with Crippen molar-refractivity contribution in [3.63, 3.8) is 0 Å². The van der Waals surface area contributed by atoms with Gasteiger partial charge in [0, 0.05) is 12.6 Å². The molecule has 0 unspecified atom stereocenters. The van der Waals surface area contributed by atoms with Gasteiger partial charge in [0.05, 0.1) is 0 Å². The van der Waals surface area contributed by atoms with Gasteiger partial charge in [0.15, 0.2) is 5.69 Å². The second kappa shape index (κ2) is 5.92. The number of halogens is 4. The van der Waals surface area contributed by atoms with Gasteiger partial charge in [-0.2, -0.15) is 18.2 Å². The molecule has 0 spiro atoms. The zero-order valence-electron chi connectivity index (χ0n) is 10.6. The number of anilines is 2. The maximum atomic E-state index is 13.0. The van der Waals surface area contributed by atoms with Crippen LogP contribution in [0.1, 0.15) is 11.3 Å². The zero-order valence-corrected chi connectivity index (χ0v) is 10.6. The molecule has 9 heteroatoms. The van der Waals surface area contributed by atoms with E-state index in [0.717, 1.165) is 6.07 Å². The number of nitrogen functional groups attached to an aromatic ring is 1. The van der Waals surface area contributed by atoms with E-state index in [1.807, 2.05) is 5.43 Å². The normalized spacial score (nSPS) is 11.3. The molecule has 0 saturated carbocycles. The summed E-state index contributed by atoms with van der Waals surface area (Å²) >= 11 is 0. The Labute approximate surface area is 117 Å². The Balaban J connectivity index is 2.19. The van der Waals surface area contributed by atoms with Crippen molar-refractivity contribution in [1.29, 1.82) is 0 Å². The van der Waals surface area contributed by atoms with Crippen LogP contribution >= 0.6 is 0 Å². The molecule has 21 heavy (non-hydrogen) atoms. The molecule has 4 N–H and O–H groups in total. The fourth-order valence-corrected chi connectivity index (χ4v) is 1.59. The van der Waals surface area contributed by atoms with Crippen LogP contribution in [-0.4, -0.2) is 9.97 Å². The van der Waals surface area contributed by atoms with Crippen LogP contribution in [0.2, 0.25) is 0 Å². The number of rotatable bonds is 4. The number of nitrogens with one attached hydrogen (secondary N) is 2. The summed E-state index contributed by atoms with van der Waals surface area (Å²) in [5.74, 6) is 4.16. The average molecular weight is 301 g/mol. The van der Waals surface area contributed by atoms with Crippen LogP contribution in [0.4, 0.5) is 29.3 Å². The highest BCUT2D eigenvalue weighted by Gasteiger charge is 2.33. The van der Waals surface area contributed by atoms with Gasteiger partial charge in [0.25, 0.3) is 0 Å². The number of alkyl halides is 3. The molecule has 0 saturated heterocycles. The number of aromatic nitrogens is 2. The van der Waals surface area contributed by atoms with Crippen molar-refractivity contribution in [2.45, 2.75) is 12.7 Å². The van der Waals surface area contributed by atoms with Gasteiger partial charge in [-0.05, 0) is 17.7 Å². The predicted octanol–water partition coefficient (Wildman–Crippen LogP) is 2.53. The Morgan fingerprint density at radius 3 is 2.52 bits per heavy atom. The lowest BCUT2D eigenvalue weighted by atomic mass is 10.2. The first kappa shape index (κ1) is 15.0. The summed E-state index contributed by atoms with van der Waals surface area (Å²) in [5.41, 5.74) is 1.39. The summed E-state index contributed by atoms with van der Waals surface area (Å²) in [6.07, 6.45) is -4.62. The van der Waals surface area contributed by atoms with Crippen molar-refractivity contribution in [2.75, 3.05) is 10.7 Å². The molecule has 1 aromatic heterocycles. The fraction of sp³-hybridized carbons (Fsp3) is 0.167. The number of hydrogen-bond donors (Lipinski definition) is 3. The van der Waals surface area contributed by atoms with Crippen LogP contribution in [0.25, 0.3) is 0 Å². The third-order valence-electron chi connectivity index (χ3n) is 2.51. The number of nitrogens with zero attached hydrogens (tertiary/aromatic N) is 2. The quantitative estimate of drug-likeness (QED) is 0.459. The van der Waals surface area contributed by atoms with E-state index >= 15 is 0 Å². The van der Waals surface area contributed by atoms with Crippen molar-refractivity contribution in [3.05, 3.63) is 47.4 Å². The first-order chi connectivity index (χ1) is 9.88. The Morgan fingerprint density at radius 2 is 1.90 bits per heavy atom. The van der Waals surface area contributed by atoms with Gasteiger partial charge < -0.3 is 5.32 Å². The lowest BCUT2D eigenvalue weighted by molar-refractivity contribution is -0.141. The van der Waals surface area contributed by atoms with Gasteiger partial charge in [0.2, 0.25) is 5.95 Å². The van der Waals surface area contributed by atoms with Crippen molar-refractivity contribution in [3.8, 4) is 0 Å². The molecule has 0 aliphatic rings. The van der Waals surface area contributed by atoms with Crippen LogP contribution in [0.5, 0.6) is 0 Å². The molecule has 5 nitrogen and oxygen atoms in total. The minimum Gasteiger partial charge on any atom is -0.366 e. The molecule has 0 aliphatic heterocycles. The van der Waals surface area contributed by atoms with E-state index in [0.29, 0.717) is 5.56 Å². The summed E-state index contributed by atoms with van der Waals surface area (Å²) < 4.78 is 51.0. The highest BCUT2D eigenvalue weighted by atomic mass is 19.4. The lowest BCUT2D eigenvalue weighted by Crippen LogP contribution is -2.16. The Morgan fingerprint density at radius 1 is 1.14 bits per heavy atom. The molecular formula is C12H11F4N5. The molecule has 1 aromatic carbocycles. The minimum atomic E-state index is -4.62. The molecular weight excluding hydrogens is 290 g/mol. The number of benzene rings is 1. The summed E-state index contributed by atoms with van der Waals surface area (Å²) in [7, 11) is 0. The first-order valence-electron chi connectivity index (χ1n) is 5.79.